The molecular weight excluding hydrogens is 360 g/mol. The predicted octanol–water partition coefficient (Wildman–Crippen LogP) is 5.89. The monoisotopic (exact) mass is 398 g/mol. The maximum atomic E-state index is 12.1. The van der Waals surface area contributed by atoms with Gasteiger partial charge in [0.1, 0.15) is 12.4 Å². The maximum Gasteiger partial charge on any atom is 0.302 e. The summed E-state index contributed by atoms with van der Waals surface area (Å²) in [5.41, 5.74) is 1.19. The van der Waals surface area contributed by atoms with Crippen LogP contribution in [-0.4, -0.2) is 18.4 Å². The molecule has 29 heavy (non-hydrogen) atoms. The van der Waals surface area contributed by atoms with E-state index in [0.29, 0.717) is 16.9 Å². The van der Waals surface area contributed by atoms with E-state index in [2.05, 4.69) is 46.8 Å². The van der Waals surface area contributed by atoms with Gasteiger partial charge in [0.15, 0.2) is 0 Å². The number of allylic oxidation sites excluding steroid dienone is 3. The molecule has 0 unspecified atom stereocenters. The Morgan fingerprint density at radius 2 is 1.79 bits per heavy atom. The molecule has 0 bridgehead atoms. The van der Waals surface area contributed by atoms with Crippen molar-refractivity contribution in [3.63, 3.8) is 0 Å². The molecule has 4 aliphatic rings. The van der Waals surface area contributed by atoms with Crippen molar-refractivity contribution in [3.8, 4) is 0 Å². The highest BCUT2D eigenvalue weighted by Crippen LogP contribution is 2.71. The summed E-state index contributed by atoms with van der Waals surface area (Å²) in [6, 6.07) is 0. The number of ether oxygens (including phenoxy) is 1. The molecule has 3 saturated carbocycles. The molecule has 0 aromatic rings. The van der Waals surface area contributed by atoms with E-state index >= 15 is 0 Å². The van der Waals surface area contributed by atoms with Crippen LogP contribution in [0.5, 0.6) is 0 Å². The molecule has 0 heterocycles. The van der Waals surface area contributed by atoms with Gasteiger partial charge in [0.05, 0.1) is 0 Å². The van der Waals surface area contributed by atoms with Crippen molar-refractivity contribution in [3.05, 3.63) is 23.8 Å². The quantitative estimate of drug-likeness (QED) is 0.430. The van der Waals surface area contributed by atoms with Gasteiger partial charge in [-0.25, -0.2) is 0 Å². The summed E-state index contributed by atoms with van der Waals surface area (Å²) >= 11 is 0. The Morgan fingerprint density at radius 1 is 1.07 bits per heavy atom. The van der Waals surface area contributed by atoms with E-state index in [0.717, 1.165) is 18.6 Å². The molecule has 0 aliphatic heterocycles. The van der Waals surface area contributed by atoms with E-state index in [4.69, 9.17) is 4.74 Å². The predicted molar refractivity (Wildman–Crippen MR) is 115 cm³/mol. The number of rotatable bonds is 2. The lowest BCUT2D eigenvalue weighted by Gasteiger charge is -2.69. The molecule has 0 aromatic carbocycles. The molecular formula is C26H38O3. The first-order chi connectivity index (χ1) is 13.5. The molecule has 0 spiro atoms. The molecule has 0 radical (unpaired) electrons. The summed E-state index contributed by atoms with van der Waals surface area (Å²) in [4.78, 5) is 23.6. The van der Waals surface area contributed by atoms with Gasteiger partial charge in [-0.05, 0) is 66.1 Å². The minimum absolute atomic E-state index is 0.158. The summed E-state index contributed by atoms with van der Waals surface area (Å²) < 4.78 is 5.99. The zero-order chi connectivity index (χ0) is 21.2. The second kappa shape index (κ2) is 6.56. The SMILES string of the molecule is CC(=O)O[C@H]1C[C@H]2[C@@](C)(CC[C@H]3C(C)(C)CCC[C@]23C)[C@@H]2C=CC(C=O)=C[C@@]12C. The van der Waals surface area contributed by atoms with Gasteiger partial charge in [-0.1, -0.05) is 59.3 Å². The first-order valence-electron chi connectivity index (χ1n) is 11.5. The van der Waals surface area contributed by atoms with Crippen LogP contribution in [0.1, 0.15) is 80.1 Å². The highest BCUT2D eigenvalue weighted by Gasteiger charge is 2.66. The maximum absolute atomic E-state index is 12.1. The molecule has 0 N–H and O–H groups in total. The van der Waals surface area contributed by atoms with Gasteiger partial charge in [-0.2, -0.15) is 0 Å². The van der Waals surface area contributed by atoms with Crippen molar-refractivity contribution in [1.82, 2.24) is 0 Å². The number of esters is 1. The molecule has 0 saturated heterocycles. The number of hydrogen-bond acceptors (Lipinski definition) is 3. The van der Waals surface area contributed by atoms with Crippen LogP contribution in [0.15, 0.2) is 23.8 Å². The molecule has 3 fully saturated rings. The second-order valence-corrected chi connectivity index (χ2v) is 11.8. The largest absolute Gasteiger partial charge is 0.462 e. The zero-order valence-corrected chi connectivity index (χ0v) is 19.1. The van der Waals surface area contributed by atoms with Gasteiger partial charge >= 0.3 is 5.97 Å². The zero-order valence-electron chi connectivity index (χ0n) is 19.1. The van der Waals surface area contributed by atoms with Gasteiger partial charge in [0.2, 0.25) is 0 Å². The molecule has 0 aromatic heterocycles. The lowest BCUT2D eigenvalue weighted by molar-refractivity contribution is -0.212. The normalized spacial score (nSPS) is 47.9. The Hall–Kier alpha value is -1.38. The highest BCUT2D eigenvalue weighted by atomic mass is 16.5. The number of carbonyl (C=O) groups is 2. The summed E-state index contributed by atoms with van der Waals surface area (Å²) in [5.74, 6) is 1.31. The standard InChI is InChI=1S/C26H38O3/c1-17(28)29-22-14-21-24(4)12-7-11-23(2,3)19(24)10-13-25(21,5)20-9-8-18(16-27)15-26(20,22)6/h8-9,15-16,19-22H,7,10-14H2,1-6H3/t19-,20-,21+,22-,24-,25-,26+/m0/s1. The van der Waals surface area contributed by atoms with Gasteiger partial charge in [-0.15, -0.1) is 0 Å². The Morgan fingerprint density at radius 3 is 2.45 bits per heavy atom. The van der Waals surface area contributed by atoms with Crippen molar-refractivity contribution in [2.45, 2.75) is 86.2 Å². The van der Waals surface area contributed by atoms with Crippen LogP contribution >= 0.6 is 0 Å². The molecule has 7 atom stereocenters. The third kappa shape index (κ3) is 2.90. The van der Waals surface area contributed by atoms with Crippen LogP contribution in [0.25, 0.3) is 0 Å². The Labute approximate surface area is 176 Å². The summed E-state index contributed by atoms with van der Waals surface area (Å²) in [7, 11) is 0. The van der Waals surface area contributed by atoms with Crippen molar-refractivity contribution >= 4 is 12.3 Å². The number of hydrogen-bond donors (Lipinski definition) is 0. The van der Waals surface area contributed by atoms with Crippen LogP contribution in [0, 0.1) is 39.4 Å². The molecule has 4 rings (SSSR count). The topological polar surface area (TPSA) is 43.4 Å². The highest BCUT2D eigenvalue weighted by molar-refractivity contribution is 5.78. The van der Waals surface area contributed by atoms with E-state index in [1.807, 2.05) is 6.08 Å². The first kappa shape index (κ1) is 20.9. The summed E-state index contributed by atoms with van der Waals surface area (Å²) in [5, 5.41) is 0. The number of carbonyl (C=O) groups excluding carboxylic acids is 2. The molecule has 3 nitrogen and oxygen atoms in total. The molecule has 0 amide bonds. The molecule has 4 aliphatic carbocycles. The van der Waals surface area contributed by atoms with Crippen LogP contribution in [0.4, 0.5) is 0 Å². The van der Waals surface area contributed by atoms with E-state index in [1.54, 1.807) is 0 Å². The summed E-state index contributed by atoms with van der Waals surface area (Å²) in [6.07, 6.45) is 14.4. The van der Waals surface area contributed by atoms with Crippen molar-refractivity contribution in [2.75, 3.05) is 0 Å². The lowest BCUT2D eigenvalue weighted by atomic mass is 9.36. The van der Waals surface area contributed by atoms with Gasteiger partial charge in [0.25, 0.3) is 0 Å². The fourth-order valence-electron chi connectivity index (χ4n) is 8.65. The lowest BCUT2D eigenvalue weighted by Crippen LogP contribution is -2.64. The minimum atomic E-state index is -0.324. The minimum Gasteiger partial charge on any atom is -0.462 e. The average molecular weight is 399 g/mol. The smallest absolute Gasteiger partial charge is 0.302 e. The third-order valence-corrected chi connectivity index (χ3v) is 9.77. The van der Waals surface area contributed by atoms with Gasteiger partial charge < -0.3 is 4.74 Å². The van der Waals surface area contributed by atoms with E-state index in [1.165, 1.54) is 39.0 Å². The van der Waals surface area contributed by atoms with E-state index in [9.17, 15) is 9.59 Å². The van der Waals surface area contributed by atoms with Crippen LogP contribution in [-0.2, 0) is 14.3 Å². The summed E-state index contributed by atoms with van der Waals surface area (Å²) in [6.45, 7) is 13.7. The Bertz CT molecular complexity index is 777. The van der Waals surface area contributed by atoms with E-state index < -0.39 is 0 Å². The second-order valence-electron chi connectivity index (χ2n) is 11.8. The first-order valence-corrected chi connectivity index (χ1v) is 11.5. The molecule has 160 valence electrons. The van der Waals surface area contributed by atoms with Gasteiger partial charge in [-0.3, -0.25) is 9.59 Å². The Balaban J connectivity index is 1.82. The van der Waals surface area contributed by atoms with Crippen molar-refractivity contribution in [1.29, 1.82) is 0 Å². The average Bonchev–Trinajstić information content (AvgIpc) is 2.61. The van der Waals surface area contributed by atoms with Crippen LogP contribution in [0.2, 0.25) is 0 Å². The van der Waals surface area contributed by atoms with Crippen molar-refractivity contribution < 1.29 is 14.3 Å². The fraction of sp³-hybridized carbons (Fsp3) is 0.769. The third-order valence-electron chi connectivity index (χ3n) is 9.77. The molecule has 3 heteroatoms. The number of aldehydes is 1. The fourth-order valence-corrected chi connectivity index (χ4v) is 8.65. The van der Waals surface area contributed by atoms with Gasteiger partial charge in [0, 0.05) is 17.9 Å². The van der Waals surface area contributed by atoms with Crippen molar-refractivity contribution in [2.24, 2.45) is 39.4 Å². The van der Waals surface area contributed by atoms with Crippen LogP contribution < -0.4 is 0 Å². The van der Waals surface area contributed by atoms with Crippen LogP contribution in [0.3, 0.4) is 0 Å². The van der Waals surface area contributed by atoms with E-state index in [-0.39, 0.29) is 34.2 Å². The number of fused-ring (bicyclic) bond motifs is 5. The Kier molecular flexibility index (Phi) is 4.72.